The van der Waals surface area contributed by atoms with Gasteiger partial charge in [0.1, 0.15) is 16.7 Å². The summed E-state index contributed by atoms with van der Waals surface area (Å²) in [5.74, 6) is 1.52. The monoisotopic (exact) mass is 404 g/mol. The Morgan fingerprint density at radius 2 is 1.85 bits per heavy atom. The zero-order chi connectivity index (χ0) is 14.5. The minimum absolute atomic E-state index is 0.427. The second-order valence-electron chi connectivity index (χ2n) is 4.15. The fourth-order valence-corrected chi connectivity index (χ4v) is 2.35. The summed E-state index contributed by atoms with van der Waals surface area (Å²) in [4.78, 5) is 8.81. The molecule has 0 saturated carbocycles. The van der Waals surface area contributed by atoms with Gasteiger partial charge in [-0.1, -0.05) is 23.7 Å². The summed E-state index contributed by atoms with van der Waals surface area (Å²) in [6.45, 7) is 0.427. The first-order chi connectivity index (χ1) is 9.63. The van der Waals surface area contributed by atoms with Crippen molar-refractivity contribution in [3.05, 3.63) is 50.1 Å². The molecule has 0 bridgehead atoms. The summed E-state index contributed by atoms with van der Waals surface area (Å²) in [5.41, 5.74) is 1.92. The lowest BCUT2D eigenvalue weighted by Gasteiger charge is -2.08. The fourth-order valence-electron chi connectivity index (χ4n) is 1.75. The number of hydrogen-bond donors (Lipinski definition) is 0. The number of hydrogen-bond acceptors (Lipinski definition) is 4. The number of benzene rings is 1. The maximum atomic E-state index is 6.13. The van der Waals surface area contributed by atoms with Crippen LogP contribution in [0, 0.1) is 3.57 Å². The normalized spacial score (nSPS) is 10.6. The molecule has 20 heavy (non-hydrogen) atoms. The number of halogens is 2. The van der Waals surface area contributed by atoms with Crippen LogP contribution in [0.4, 0.5) is 0 Å². The van der Waals surface area contributed by atoms with Crippen LogP contribution in [0.1, 0.15) is 17.1 Å². The van der Waals surface area contributed by atoms with Crippen LogP contribution >= 0.6 is 34.2 Å². The molecule has 4 nitrogen and oxygen atoms in total. The van der Waals surface area contributed by atoms with Crippen LogP contribution in [0.3, 0.4) is 0 Å². The highest BCUT2D eigenvalue weighted by Crippen LogP contribution is 2.21. The first-order valence-corrected chi connectivity index (χ1v) is 7.42. The number of rotatable bonds is 5. The lowest BCUT2D eigenvalue weighted by Crippen LogP contribution is -2.05. The smallest absolute Gasteiger partial charge is 0.146 e. The zero-order valence-electron chi connectivity index (χ0n) is 11.2. The van der Waals surface area contributed by atoms with Crippen molar-refractivity contribution in [1.82, 2.24) is 9.97 Å². The average Bonchev–Trinajstić information content (AvgIpc) is 2.45. The lowest BCUT2D eigenvalue weighted by atomic mass is 10.1. The van der Waals surface area contributed by atoms with Gasteiger partial charge in [-0.25, -0.2) is 9.97 Å². The van der Waals surface area contributed by atoms with Gasteiger partial charge in [-0.05, 0) is 40.3 Å². The second-order valence-corrected chi connectivity index (χ2v) is 5.59. The molecular weight excluding hydrogens is 391 g/mol. The van der Waals surface area contributed by atoms with Crippen LogP contribution in [0.5, 0.6) is 5.75 Å². The summed E-state index contributed by atoms with van der Waals surface area (Å²) in [6, 6.07) is 7.81. The number of nitrogens with zero attached hydrogens (tertiary/aromatic N) is 2. The molecule has 0 N–H and O–H groups in total. The molecule has 0 aliphatic carbocycles. The van der Waals surface area contributed by atoms with Gasteiger partial charge in [-0.2, -0.15) is 0 Å². The fraction of sp³-hybridized carbons (Fsp3) is 0.286. The Morgan fingerprint density at radius 3 is 2.45 bits per heavy atom. The Hall–Kier alpha value is -0.920. The van der Waals surface area contributed by atoms with Gasteiger partial charge in [-0.3, -0.25) is 0 Å². The van der Waals surface area contributed by atoms with E-state index in [9.17, 15) is 0 Å². The molecule has 0 saturated heterocycles. The summed E-state index contributed by atoms with van der Waals surface area (Å²) in [6.07, 6.45) is 0.622. The third-order valence-electron chi connectivity index (χ3n) is 2.73. The van der Waals surface area contributed by atoms with E-state index in [2.05, 4.69) is 32.6 Å². The zero-order valence-corrected chi connectivity index (χ0v) is 14.1. The highest BCUT2D eigenvalue weighted by Gasteiger charge is 2.11. The molecular formula is C14H14ClIN2O2. The van der Waals surface area contributed by atoms with Gasteiger partial charge in [0, 0.05) is 13.5 Å². The number of ether oxygens (including phenoxy) is 2. The first-order valence-electron chi connectivity index (χ1n) is 5.96. The first kappa shape index (κ1) is 15.5. The lowest BCUT2D eigenvalue weighted by molar-refractivity contribution is 0.180. The molecule has 0 fully saturated rings. The summed E-state index contributed by atoms with van der Waals surface area (Å²) in [5, 5.41) is 0.469. The van der Waals surface area contributed by atoms with E-state index in [0.29, 0.717) is 24.0 Å². The van der Waals surface area contributed by atoms with Crippen molar-refractivity contribution < 1.29 is 9.47 Å². The molecule has 0 atom stereocenters. The second kappa shape index (κ2) is 7.19. The predicted molar refractivity (Wildman–Crippen MR) is 86.3 cm³/mol. The minimum atomic E-state index is 0.427. The molecule has 1 aromatic heterocycles. The van der Waals surface area contributed by atoms with Gasteiger partial charge < -0.3 is 9.47 Å². The van der Waals surface area contributed by atoms with Gasteiger partial charge in [0.25, 0.3) is 0 Å². The van der Waals surface area contributed by atoms with E-state index in [0.717, 1.165) is 20.6 Å². The highest BCUT2D eigenvalue weighted by atomic mass is 127. The van der Waals surface area contributed by atoms with Crippen molar-refractivity contribution in [3.63, 3.8) is 0 Å². The van der Waals surface area contributed by atoms with Crippen LogP contribution in [0.15, 0.2) is 24.3 Å². The van der Waals surface area contributed by atoms with Crippen molar-refractivity contribution in [2.24, 2.45) is 0 Å². The Labute approximate surface area is 136 Å². The van der Waals surface area contributed by atoms with Crippen molar-refractivity contribution in [2.75, 3.05) is 14.2 Å². The van der Waals surface area contributed by atoms with Gasteiger partial charge in [0.15, 0.2) is 0 Å². The summed E-state index contributed by atoms with van der Waals surface area (Å²) >= 11 is 8.27. The maximum absolute atomic E-state index is 6.13. The van der Waals surface area contributed by atoms with Crippen molar-refractivity contribution in [2.45, 2.75) is 13.0 Å². The Kier molecular flexibility index (Phi) is 5.56. The Balaban J connectivity index is 2.23. The Bertz CT molecular complexity index is 590. The number of aromatic nitrogens is 2. The van der Waals surface area contributed by atoms with Crippen LogP contribution in [0.2, 0.25) is 5.15 Å². The van der Waals surface area contributed by atoms with E-state index >= 15 is 0 Å². The minimum Gasteiger partial charge on any atom is -0.497 e. The van der Waals surface area contributed by atoms with Gasteiger partial charge in [-0.15, -0.1) is 0 Å². The summed E-state index contributed by atoms with van der Waals surface area (Å²) < 4.78 is 11.1. The molecule has 2 aromatic rings. The van der Waals surface area contributed by atoms with E-state index < -0.39 is 0 Å². The van der Waals surface area contributed by atoms with Crippen LogP contribution in [0.25, 0.3) is 0 Å². The standard InChI is InChI=1S/C14H14ClIN2O2/c1-19-8-11-13(16)14(15)18-12(17-11)7-9-3-5-10(20-2)6-4-9/h3-6H,7-8H2,1-2H3. The quantitative estimate of drug-likeness (QED) is 0.565. The highest BCUT2D eigenvalue weighted by molar-refractivity contribution is 14.1. The van der Waals surface area contributed by atoms with E-state index in [-0.39, 0.29) is 0 Å². The molecule has 0 aliphatic heterocycles. The molecule has 0 spiro atoms. The van der Waals surface area contributed by atoms with Gasteiger partial charge in [0.2, 0.25) is 0 Å². The van der Waals surface area contributed by atoms with E-state index in [1.165, 1.54) is 0 Å². The van der Waals surface area contributed by atoms with Crippen LogP contribution < -0.4 is 4.74 Å². The largest absolute Gasteiger partial charge is 0.497 e. The SMILES string of the molecule is COCc1nc(Cc2ccc(OC)cc2)nc(Cl)c1I. The van der Waals surface area contributed by atoms with Crippen LogP contribution in [-0.4, -0.2) is 24.2 Å². The third kappa shape index (κ3) is 3.80. The maximum Gasteiger partial charge on any atom is 0.146 e. The molecule has 106 valence electrons. The molecule has 0 radical (unpaired) electrons. The van der Waals surface area contributed by atoms with E-state index in [1.54, 1.807) is 14.2 Å². The van der Waals surface area contributed by atoms with E-state index in [1.807, 2.05) is 24.3 Å². The van der Waals surface area contributed by atoms with Gasteiger partial charge >= 0.3 is 0 Å². The molecule has 6 heteroatoms. The molecule has 0 unspecified atom stereocenters. The third-order valence-corrected chi connectivity index (χ3v) is 4.45. The number of methoxy groups -OCH3 is 2. The molecule has 2 rings (SSSR count). The van der Waals surface area contributed by atoms with Crippen molar-refractivity contribution in [1.29, 1.82) is 0 Å². The van der Waals surface area contributed by atoms with Gasteiger partial charge in [0.05, 0.1) is 23.0 Å². The Morgan fingerprint density at radius 1 is 1.15 bits per heavy atom. The topological polar surface area (TPSA) is 44.2 Å². The molecule has 1 aromatic carbocycles. The molecule has 0 aliphatic rings. The van der Waals surface area contributed by atoms with E-state index in [4.69, 9.17) is 21.1 Å². The summed E-state index contributed by atoms with van der Waals surface area (Å²) in [7, 11) is 3.28. The predicted octanol–water partition coefficient (Wildman–Crippen LogP) is 3.48. The van der Waals surface area contributed by atoms with Crippen molar-refractivity contribution >= 4 is 34.2 Å². The molecule has 0 amide bonds. The average molecular weight is 405 g/mol. The van der Waals surface area contributed by atoms with Crippen molar-refractivity contribution in [3.8, 4) is 5.75 Å². The molecule has 1 heterocycles. The van der Waals surface area contributed by atoms with Crippen LogP contribution in [-0.2, 0) is 17.8 Å².